The molecule has 1 aromatic heterocycles. The van der Waals surface area contributed by atoms with Gasteiger partial charge in [0.15, 0.2) is 5.69 Å². The minimum atomic E-state index is 0.323. The van der Waals surface area contributed by atoms with Crippen molar-refractivity contribution in [2.24, 2.45) is 5.92 Å². The molecule has 1 aromatic rings. The van der Waals surface area contributed by atoms with Crippen molar-refractivity contribution in [2.45, 2.75) is 26.3 Å². The fraction of sp³-hybridized carbons (Fsp3) is 0.500. The van der Waals surface area contributed by atoms with Crippen LogP contribution in [0.1, 0.15) is 26.0 Å². The van der Waals surface area contributed by atoms with Gasteiger partial charge >= 0.3 is 0 Å². The number of nitrogen functional groups attached to an aromatic ring is 1. The fourth-order valence-electron chi connectivity index (χ4n) is 2.33. The van der Waals surface area contributed by atoms with Crippen LogP contribution in [0.2, 0.25) is 0 Å². The zero-order valence-corrected chi connectivity index (χ0v) is 9.64. The molecule has 16 heavy (non-hydrogen) atoms. The molecule has 0 aliphatic carbocycles. The van der Waals surface area contributed by atoms with Crippen LogP contribution in [0.5, 0.6) is 0 Å². The van der Waals surface area contributed by atoms with Crippen molar-refractivity contribution in [1.82, 2.24) is 4.98 Å². The number of rotatable bonds is 1. The van der Waals surface area contributed by atoms with Crippen LogP contribution in [0.25, 0.3) is 0 Å². The quantitative estimate of drug-likeness (QED) is 0.777. The third kappa shape index (κ3) is 1.81. The summed E-state index contributed by atoms with van der Waals surface area (Å²) < 4.78 is 0. The maximum absolute atomic E-state index is 8.89. The second-order valence-electron chi connectivity index (χ2n) is 4.56. The molecule has 1 saturated heterocycles. The highest BCUT2D eigenvalue weighted by atomic mass is 15.2. The smallest absolute Gasteiger partial charge is 0.165 e. The zero-order chi connectivity index (χ0) is 11.7. The Morgan fingerprint density at radius 2 is 2.25 bits per heavy atom. The molecule has 2 unspecified atom stereocenters. The summed E-state index contributed by atoms with van der Waals surface area (Å²) in [5, 5.41) is 8.89. The first-order valence-corrected chi connectivity index (χ1v) is 5.55. The monoisotopic (exact) mass is 216 g/mol. The molecule has 2 atom stereocenters. The normalized spacial score (nSPS) is 24.4. The summed E-state index contributed by atoms with van der Waals surface area (Å²) in [7, 11) is 0. The van der Waals surface area contributed by atoms with Crippen molar-refractivity contribution in [3.63, 3.8) is 0 Å². The topological polar surface area (TPSA) is 65.9 Å². The van der Waals surface area contributed by atoms with Gasteiger partial charge in [0.25, 0.3) is 0 Å². The van der Waals surface area contributed by atoms with Gasteiger partial charge in [0, 0.05) is 12.6 Å². The number of nitrogens with two attached hydrogens (primary N) is 1. The highest BCUT2D eigenvalue weighted by Gasteiger charge is 2.27. The van der Waals surface area contributed by atoms with Crippen LogP contribution in [-0.4, -0.2) is 17.6 Å². The van der Waals surface area contributed by atoms with Crippen LogP contribution in [0.4, 0.5) is 11.5 Å². The largest absolute Gasteiger partial charge is 0.396 e. The van der Waals surface area contributed by atoms with Crippen LogP contribution in [0.3, 0.4) is 0 Å². The van der Waals surface area contributed by atoms with E-state index in [0.717, 1.165) is 12.4 Å². The van der Waals surface area contributed by atoms with Gasteiger partial charge in [0.1, 0.15) is 11.9 Å². The third-order valence-corrected chi connectivity index (χ3v) is 3.10. The van der Waals surface area contributed by atoms with E-state index < -0.39 is 0 Å². The summed E-state index contributed by atoms with van der Waals surface area (Å²) in [4.78, 5) is 6.54. The Morgan fingerprint density at radius 1 is 1.50 bits per heavy atom. The van der Waals surface area contributed by atoms with Crippen LogP contribution in [-0.2, 0) is 0 Å². The number of anilines is 2. The number of aromatic nitrogens is 1. The zero-order valence-electron chi connectivity index (χ0n) is 9.64. The van der Waals surface area contributed by atoms with Gasteiger partial charge in [-0.25, -0.2) is 4.98 Å². The molecule has 4 heteroatoms. The molecule has 0 amide bonds. The average molecular weight is 216 g/mol. The first-order chi connectivity index (χ1) is 7.61. The van der Waals surface area contributed by atoms with Gasteiger partial charge < -0.3 is 10.6 Å². The van der Waals surface area contributed by atoms with E-state index in [-0.39, 0.29) is 0 Å². The molecule has 0 bridgehead atoms. The fourth-order valence-corrected chi connectivity index (χ4v) is 2.33. The van der Waals surface area contributed by atoms with E-state index in [1.54, 1.807) is 6.07 Å². The van der Waals surface area contributed by atoms with Gasteiger partial charge in [-0.2, -0.15) is 5.26 Å². The highest BCUT2D eigenvalue weighted by Crippen LogP contribution is 2.28. The van der Waals surface area contributed by atoms with E-state index in [9.17, 15) is 0 Å². The Kier molecular flexibility index (Phi) is 2.69. The van der Waals surface area contributed by atoms with Gasteiger partial charge in [-0.1, -0.05) is 6.92 Å². The maximum atomic E-state index is 8.89. The summed E-state index contributed by atoms with van der Waals surface area (Å²) in [6.45, 7) is 5.43. The van der Waals surface area contributed by atoms with Crippen molar-refractivity contribution in [3.05, 3.63) is 17.8 Å². The van der Waals surface area contributed by atoms with E-state index in [2.05, 4.69) is 23.7 Å². The first-order valence-electron chi connectivity index (χ1n) is 5.55. The van der Waals surface area contributed by atoms with Crippen molar-refractivity contribution in [1.29, 1.82) is 5.26 Å². The van der Waals surface area contributed by atoms with Crippen LogP contribution in [0, 0.1) is 17.2 Å². The molecule has 1 fully saturated rings. The van der Waals surface area contributed by atoms with Crippen LogP contribution >= 0.6 is 0 Å². The standard InChI is InChI=1S/C12H16N4/c1-8-5-9(2)16(7-8)12-4-3-10(14)11(6-13)15-12/h3-4,8-9H,5,7,14H2,1-2H3. The van der Waals surface area contributed by atoms with Crippen molar-refractivity contribution in [3.8, 4) is 6.07 Å². The lowest BCUT2D eigenvalue weighted by molar-refractivity contribution is 0.625. The molecular weight excluding hydrogens is 200 g/mol. The number of pyridine rings is 1. The average Bonchev–Trinajstić information content (AvgIpc) is 2.59. The second kappa shape index (κ2) is 4.01. The van der Waals surface area contributed by atoms with E-state index in [1.807, 2.05) is 12.1 Å². The van der Waals surface area contributed by atoms with Crippen LogP contribution in [0.15, 0.2) is 12.1 Å². The highest BCUT2D eigenvalue weighted by molar-refractivity contribution is 5.56. The molecule has 0 aromatic carbocycles. The predicted octanol–water partition coefficient (Wildman–Crippen LogP) is 1.77. The molecule has 0 radical (unpaired) electrons. The first kappa shape index (κ1) is 10.7. The Hall–Kier alpha value is -1.76. The molecule has 1 aliphatic heterocycles. The van der Waals surface area contributed by atoms with E-state index >= 15 is 0 Å². The molecular formula is C12H16N4. The molecule has 0 saturated carbocycles. The summed E-state index contributed by atoms with van der Waals surface area (Å²) in [5.74, 6) is 1.54. The third-order valence-electron chi connectivity index (χ3n) is 3.10. The summed E-state index contributed by atoms with van der Waals surface area (Å²) in [6.07, 6.45) is 1.17. The predicted molar refractivity (Wildman–Crippen MR) is 64.0 cm³/mol. The van der Waals surface area contributed by atoms with Crippen LogP contribution < -0.4 is 10.6 Å². The van der Waals surface area contributed by atoms with E-state index in [4.69, 9.17) is 11.0 Å². The number of nitriles is 1. The lowest BCUT2D eigenvalue weighted by atomic mass is 10.1. The number of hydrogen-bond acceptors (Lipinski definition) is 4. The van der Waals surface area contributed by atoms with E-state index in [0.29, 0.717) is 23.3 Å². The van der Waals surface area contributed by atoms with E-state index in [1.165, 1.54) is 6.42 Å². The Balaban J connectivity index is 2.31. The number of hydrogen-bond donors (Lipinski definition) is 1. The Morgan fingerprint density at radius 3 is 2.81 bits per heavy atom. The molecule has 2 rings (SSSR count). The summed E-state index contributed by atoms with van der Waals surface area (Å²) >= 11 is 0. The molecule has 4 nitrogen and oxygen atoms in total. The second-order valence-corrected chi connectivity index (χ2v) is 4.56. The molecule has 1 aliphatic rings. The maximum Gasteiger partial charge on any atom is 0.165 e. The van der Waals surface area contributed by atoms with Gasteiger partial charge in [0.2, 0.25) is 0 Å². The van der Waals surface area contributed by atoms with Crippen molar-refractivity contribution in [2.75, 3.05) is 17.2 Å². The Bertz CT molecular complexity index is 435. The minimum Gasteiger partial charge on any atom is -0.396 e. The summed E-state index contributed by atoms with van der Waals surface area (Å²) in [5.41, 5.74) is 6.43. The minimum absolute atomic E-state index is 0.323. The van der Waals surface area contributed by atoms with Gasteiger partial charge in [-0.05, 0) is 31.4 Å². The van der Waals surface area contributed by atoms with Gasteiger partial charge in [-0.3, -0.25) is 0 Å². The number of nitrogens with zero attached hydrogens (tertiary/aromatic N) is 3. The Labute approximate surface area is 95.7 Å². The lowest BCUT2D eigenvalue weighted by Crippen LogP contribution is -2.27. The van der Waals surface area contributed by atoms with Crippen molar-refractivity contribution < 1.29 is 0 Å². The molecule has 2 N–H and O–H groups in total. The molecule has 0 spiro atoms. The molecule has 2 heterocycles. The van der Waals surface area contributed by atoms with Gasteiger partial charge in [0.05, 0.1) is 5.69 Å². The van der Waals surface area contributed by atoms with Gasteiger partial charge in [-0.15, -0.1) is 0 Å². The lowest BCUT2D eigenvalue weighted by Gasteiger charge is -2.22. The van der Waals surface area contributed by atoms with Crippen molar-refractivity contribution >= 4 is 11.5 Å². The molecule has 84 valence electrons. The SMILES string of the molecule is CC1CC(C)N(c2ccc(N)c(C#N)n2)C1. The summed E-state index contributed by atoms with van der Waals surface area (Å²) in [6, 6.07) is 6.16.